The summed E-state index contributed by atoms with van der Waals surface area (Å²) in [4.78, 5) is 13.7. The van der Waals surface area contributed by atoms with E-state index < -0.39 is 5.60 Å². The van der Waals surface area contributed by atoms with Crippen molar-refractivity contribution in [2.45, 2.75) is 39.3 Å². The highest BCUT2D eigenvalue weighted by molar-refractivity contribution is 5.68. The van der Waals surface area contributed by atoms with Gasteiger partial charge in [-0.3, -0.25) is 0 Å². The van der Waals surface area contributed by atoms with Crippen LogP contribution in [0.3, 0.4) is 0 Å². The van der Waals surface area contributed by atoms with Crippen LogP contribution >= 0.6 is 0 Å². The van der Waals surface area contributed by atoms with E-state index >= 15 is 0 Å². The average Bonchev–Trinajstić information content (AvgIpc) is 2.48. The molecule has 0 saturated carbocycles. The van der Waals surface area contributed by atoms with Crippen LogP contribution in [0, 0.1) is 0 Å². The Morgan fingerprint density at radius 2 is 2.04 bits per heavy atom. The predicted molar refractivity (Wildman–Crippen MR) is 90.3 cm³/mol. The maximum absolute atomic E-state index is 12.0. The van der Waals surface area contributed by atoms with Gasteiger partial charge in [0.1, 0.15) is 11.4 Å². The molecule has 0 saturated heterocycles. The summed E-state index contributed by atoms with van der Waals surface area (Å²) in [5.74, 6) is 0.314. The van der Waals surface area contributed by atoms with E-state index in [0.717, 1.165) is 18.5 Å². The van der Waals surface area contributed by atoms with Gasteiger partial charge in [0.05, 0.1) is 0 Å². The van der Waals surface area contributed by atoms with E-state index in [1.807, 2.05) is 39.0 Å². The van der Waals surface area contributed by atoms with Gasteiger partial charge in [-0.05, 0) is 33.3 Å². The van der Waals surface area contributed by atoms with Gasteiger partial charge in [0.25, 0.3) is 0 Å². The number of ether oxygens (including phenoxy) is 1. The minimum atomic E-state index is -0.458. The standard InChI is InChI=1S/C18H26N2O3/c1-18(2,3)23-17(22)20-10-8-14(9-11-20)12-19-13-15-6-4-5-7-16(15)21/h4-8,19,21H,9-13H2,1-3H3. The first-order chi connectivity index (χ1) is 10.8. The Balaban J connectivity index is 1.77. The fraction of sp³-hybridized carbons (Fsp3) is 0.500. The molecule has 5 heteroatoms. The lowest BCUT2D eigenvalue weighted by molar-refractivity contribution is 0.0265. The van der Waals surface area contributed by atoms with Crippen molar-refractivity contribution >= 4 is 6.09 Å². The van der Waals surface area contributed by atoms with Crippen molar-refractivity contribution < 1.29 is 14.6 Å². The highest BCUT2D eigenvalue weighted by Gasteiger charge is 2.23. The number of rotatable bonds is 4. The number of phenolic OH excluding ortho intramolecular Hbond substituents is 1. The zero-order valence-corrected chi connectivity index (χ0v) is 14.1. The van der Waals surface area contributed by atoms with Gasteiger partial charge in [-0.25, -0.2) is 4.79 Å². The fourth-order valence-corrected chi connectivity index (χ4v) is 2.38. The maximum atomic E-state index is 12.0. The normalized spacial score (nSPS) is 15.3. The molecule has 0 aliphatic carbocycles. The van der Waals surface area contributed by atoms with Crippen LogP contribution in [0.4, 0.5) is 4.79 Å². The number of hydrogen-bond acceptors (Lipinski definition) is 4. The molecule has 0 fully saturated rings. The molecule has 0 bridgehead atoms. The Morgan fingerprint density at radius 3 is 2.65 bits per heavy atom. The van der Waals surface area contributed by atoms with Crippen LogP contribution in [0.2, 0.25) is 0 Å². The lowest BCUT2D eigenvalue weighted by Gasteiger charge is -2.29. The van der Waals surface area contributed by atoms with Crippen molar-refractivity contribution in [1.29, 1.82) is 0 Å². The first-order valence-corrected chi connectivity index (χ1v) is 7.98. The van der Waals surface area contributed by atoms with Crippen molar-refractivity contribution in [2.75, 3.05) is 19.6 Å². The number of aromatic hydroxyl groups is 1. The van der Waals surface area contributed by atoms with Gasteiger partial charge in [-0.2, -0.15) is 0 Å². The van der Waals surface area contributed by atoms with E-state index in [4.69, 9.17) is 4.74 Å². The van der Waals surface area contributed by atoms with Crippen molar-refractivity contribution in [3.05, 3.63) is 41.5 Å². The molecule has 0 unspecified atom stereocenters. The summed E-state index contributed by atoms with van der Waals surface area (Å²) in [7, 11) is 0. The van der Waals surface area contributed by atoms with Crippen LogP contribution in [0.1, 0.15) is 32.8 Å². The molecule has 0 spiro atoms. The van der Waals surface area contributed by atoms with E-state index in [1.54, 1.807) is 11.0 Å². The molecule has 0 aromatic heterocycles. The molecule has 1 aliphatic rings. The van der Waals surface area contributed by atoms with Crippen LogP contribution in [0.15, 0.2) is 35.9 Å². The number of phenols is 1. The minimum absolute atomic E-state index is 0.255. The molecule has 1 amide bonds. The molecule has 23 heavy (non-hydrogen) atoms. The topological polar surface area (TPSA) is 61.8 Å². The molecule has 0 atom stereocenters. The number of nitrogens with zero attached hydrogens (tertiary/aromatic N) is 1. The number of carbonyl (C=O) groups is 1. The summed E-state index contributed by atoms with van der Waals surface area (Å²) in [6.07, 6.45) is 2.66. The fourth-order valence-electron chi connectivity index (χ4n) is 2.38. The van der Waals surface area contributed by atoms with Crippen molar-refractivity contribution in [1.82, 2.24) is 10.2 Å². The zero-order valence-electron chi connectivity index (χ0n) is 14.1. The molecule has 1 aromatic rings. The van der Waals surface area contributed by atoms with E-state index in [0.29, 0.717) is 25.4 Å². The van der Waals surface area contributed by atoms with E-state index in [2.05, 4.69) is 11.4 Å². The maximum Gasteiger partial charge on any atom is 0.410 e. The van der Waals surface area contributed by atoms with Crippen LogP contribution in [0.25, 0.3) is 0 Å². The number of benzene rings is 1. The number of hydrogen-bond donors (Lipinski definition) is 2. The summed E-state index contributed by atoms with van der Waals surface area (Å²) in [5.41, 5.74) is 1.71. The molecule has 1 aromatic carbocycles. The quantitative estimate of drug-likeness (QED) is 0.838. The third kappa shape index (κ3) is 5.60. The first kappa shape index (κ1) is 17.3. The van der Waals surface area contributed by atoms with Gasteiger partial charge in [0, 0.05) is 31.7 Å². The summed E-state index contributed by atoms with van der Waals surface area (Å²) in [5, 5.41) is 13.1. The molecule has 126 valence electrons. The molecular weight excluding hydrogens is 292 g/mol. The molecule has 0 radical (unpaired) electrons. The second-order valence-corrected chi connectivity index (χ2v) is 6.77. The van der Waals surface area contributed by atoms with Gasteiger partial charge < -0.3 is 20.1 Å². The Kier molecular flexibility index (Phi) is 5.66. The van der Waals surface area contributed by atoms with Crippen molar-refractivity contribution in [3.8, 4) is 5.75 Å². The molecule has 1 heterocycles. The van der Waals surface area contributed by atoms with Crippen LogP contribution in [-0.4, -0.2) is 41.3 Å². The monoisotopic (exact) mass is 318 g/mol. The average molecular weight is 318 g/mol. The summed E-state index contributed by atoms with van der Waals surface area (Å²) in [6.45, 7) is 8.27. The van der Waals surface area contributed by atoms with Gasteiger partial charge in [0.15, 0.2) is 0 Å². The van der Waals surface area contributed by atoms with Gasteiger partial charge in [-0.15, -0.1) is 0 Å². The smallest absolute Gasteiger partial charge is 0.410 e. The second kappa shape index (κ2) is 7.51. The Morgan fingerprint density at radius 1 is 1.30 bits per heavy atom. The number of carbonyl (C=O) groups excluding carboxylic acids is 1. The van der Waals surface area contributed by atoms with Crippen LogP contribution in [0.5, 0.6) is 5.75 Å². The molecule has 2 N–H and O–H groups in total. The summed E-state index contributed by atoms with van der Waals surface area (Å²) < 4.78 is 5.38. The van der Waals surface area contributed by atoms with E-state index in [1.165, 1.54) is 5.57 Å². The van der Waals surface area contributed by atoms with Gasteiger partial charge in [0.2, 0.25) is 0 Å². The zero-order chi connectivity index (χ0) is 16.9. The third-order valence-corrected chi connectivity index (χ3v) is 3.61. The summed E-state index contributed by atoms with van der Waals surface area (Å²) >= 11 is 0. The van der Waals surface area contributed by atoms with Crippen molar-refractivity contribution in [3.63, 3.8) is 0 Å². The Labute approximate surface area is 137 Å². The highest BCUT2D eigenvalue weighted by atomic mass is 16.6. The van der Waals surface area contributed by atoms with Crippen molar-refractivity contribution in [2.24, 2.45) is 0 Å². The number of para-hydroxylation sites is 1. The number of nitrogens with one attached hydrogen (secondary N) is 1. The molecule has 5 nitrogen and oxygen atoms in total. The minimum Gasteiger partial charge on any atom is -0.508 e. The largest absolute Gasteiger partial charge is 0.508 e. The van der Waals surface area contributed by atoms with Gasteiger partial charge >= 0.3 is 6.09 Å². The second-order valence-electron chi connectivity index (χ2n) is 6.77. The van der Waals surface area contributed by atoms with Crippen LogP contribution in [-0.2, 0) is 11.3 Å². The number of amides is 1. The van der Waals surface area contributed by atoms with E-state index in [9.17, 15) is 9.90 Å². The van der Waals surface area contributed by atoms with Gasteiger partial charge in [-0.1, -0.05) is 29.8 Å². The molecule has 2 rings (SSSR count). The third-order valence-electron chi connectivity index (χ3n) is 3.61. The Bertz CT molecular complexity index is 576. The molecular formula is C18H26N2O3. The Hall–Kier alpha value is -2.01. The first-order valence-electron chi connectivity index (χ1n) is 7.98. The van der Waals surface area contributed by atoms with E-state index in [-0.39, 0.29) is 6.09 Å². The SMILES string of the molecule is CC(C)(C)OC(=O)N1CC=C(CNCc2ccccc2O)CC1. The molecule has 1 aliphatic heterocycles. The summed E-state index contributed by atoms with van der Waals surface area (Å²) in [6, 6.07) is 7.32. The lowest BCUT2D eigenvalue weighted by Crippen LogP contribution is -2.39. The van der Waals surface area contributed by atoms with Crippen LogP contribution < -0.4 is 5.32 Å². The highest BCUT2D eigenvalue weighted by Crippen LogP contribution is 2.17. The lowest BCUT2D eigenvalue weighted by atomic mass is 10.1. The predicted octanol–water partition coefficient (Wildman–Crippen LogP) is 3.05.